The summed E-state index contributed by atoms with van der Waals surface area (Å²) < 4.78 is 0. The van der Waals surface area contributed by atoms with Crippen molar-refractivity contribution < 1.29 is 4.79 Å². The molecule has 1 amide bonds. The number of carbonyl (C=O) groups excluding carboxylic acids is 1. The van der Waals surface area contributed by atoms with E-state index in [0.29, 0.717) is 0 Å². The Kier molecular flexibility index (Phi) is 6.71. The molecule has 4 nitrogen and oxygen atoms in total. The molecule has 0 saturated heterocycles. The van der Waals surface area contributed by atoms with Gasteiger partial charge in [-0.1, -0.05) is 38.5 Å². The maximum Gasteiger partial charge on any atom is 0.299 e. The van der Waals surface area contributed by atoms with Gasteiger partial charge in [0.15, 0.2) is 0 Å². The molecule has 1 aromatic heterocycles. The topological polar surface area (TPSA) is 45.6 Å². The van der Waals surface area contributed by atoms with E-state index in [9.17, 15) is 4.79 Å². The number of nitrogens with zero attached hydrogens (tertiary/aromatic N) is 3. The number of terminal acetylenes is 1. The predicted octanol–water partition coefficient (Wildman–Crippen LogP) is 3.51. The second-order valence-electron chi connectivity index (χ2n) is 6.15. The Morgan fingerprint density at radius 2 is 2.40 bits per heavy atom. The summed E-state index contributed by atoms with van der Waals surface area (Å²) in [5.41, 5.74) is 2.81. The first-order chi connectivity index (χ1) is 12.1. The third kappa shape index (κ3) is 4.24. The van der Waals surface area contributed by atoms with Gasteiger partial charge in [-0.2, -0.15) is 0 Å². The lowest BCUT2D eigenvalue weighted by molar-refractivity contribution is -0.130. The van der Waals surface area contributed by atoms with Crippen LogP contribution in [-0.4, -0.2) is 35.1 Å². The Morgan fingerprint density at radius 1 is 1.60 bits per heavy atom. The fraction of sp³-hybridized carbons (Fsp3) is 0.381. The number of rotatable bonds is 6. The minimum absolute atomic E-state index is 0.0650. The van der Waals surface area contributed by atoms with E-state index in [1.807, 2.05) is 18.2 Å². The lowest BCUT2D eigenvalue weighted by Gasteiger charge is -2.42. The largest absolute Gasteiger partial charge is 0.316 e. The number of allylic oxidation sites excluding steroid dienone is 1. The van der Waals surface area contributed by atoms with Crippen LogP contribution in [-0.2, 0) is 11.2 Å². The fourth-order valence-corrected chi connectivity index (χ4v) is 3.30. The first-order valence-electron chi connectivity index (χ1n) is 8.64. The lowest BCUT2D eigenvalue weighted by atomic mass is 9.86. The number of carbonyl (C=O) groups is 1. The molecule has 0 N–H and O–H groups in total. The van der Waals surface area contributed by atoms with Gasteiger partial charge in [-0.3, -0.25) is 14.8 Å². The number of fused-ring (bicyclic) bond motifs is 1. The Balaban J connectivity index is 2.49. The molecule has 1 aliphatic rings. The van der Waals surface area contributed by atoms with Gasteiger partial charge in [0, 0.05) is 25.5 Å². The summed E-state index contributed by atoms with van der Waals surface area (Å²) >= 11 is 0. The van der Waals surface area contributed by atoms with Crippen LogP contribution >= 0.6 is 0 Å². The highest BCUT2D eigenvalue weighted by molar-refractivity contribution is 5.94. The van der Waals surface area contributed by atoms with E-state index in [1.54, 1.807) is 24.4 Å². The van der Waals surface area contributed by atoms with Crippen molar-refractivity contribution in [1.82, 2.24) is 9.88 Å². The molecule has 2 atom stereocenters. The first-order valence-corrected chi connectivity index (χ1v) is 8.64. The average molecular weight is 335 g/mol. The van der Waals surface area contributed by atoms with Crippen LogP contribution in [0.4, 0.5) is 0 Å². The molecule has 0 bridgehead atoms. The van der Waals surface area contributed by atoms with Gasteiger partial charge in [0.1, 0.15) is 6.04 Å². The van der Waals surface area contributed by atoms with Gasteiger partial charge in [-0.25, -0.2) is 0 Å². The highest BCUT2D eigenvalue weighted by atomic mass is 16.2. The van der Waals surface area contributed by atoms with Crippen molar-refractivity contribution in [2.75, 3.05) is 7.05 Å². The Labute approximate surface area is 150 Å². The summed E-state index contributed by atoms with van der Waals surface area (Å²) in [5.74, 6) is 1.99. The molecule has 2 rings (SSSR count). The molecule has 0 spiro atoms. The van der Waals surface area contributed by atoms with E-state index in [2.05, 4.69) is 35.5 Å². The van der Waals surface area contributed by atoms with Crippen molar-refractivity contribution in [3.05, 3.63) is 53.9 Å². The minimum Gasteiger partial charge on any atom is -0.316 e. The third-order valence-electron chi connectivity index (χ3n) is 4.46. The smallest absolute Gasteiger partial charge is 0.299 e. The quantitative estimate of drug-likeness (QED) is 0.454. The zero-order chi connectivity index (χ0) is 18.2. The van der Waals surface area contributed by atoms with Crippen LogP contribution in [0.15, 0.2) is 47.6 Å². The van der Waals surface area contributed by atoms with Crippen molar-refractivity contribution in [3.8, 4) is 12.3 Å². The zero-order valence-corrected chi connectivity index (χ0v) is 15.0. The molecule has 0 fully saturated rings. The molecule has 0 saturated carbocycles. The van der Waals surface area contributed by atoms with Crippen molar-refractivity contribution in [3.63, 3.8) is 0 Å². The van der Waals surface area contributed by atoms with Gasteiger partial charge in [0.05, 0.1) is 5.69 Å². The summed E-state index contributed by atoms with van der Waals surface area (Å²) in [4.78, 5) is 22.8. The Hall–Kier alpha value is -2.67. The van der Waals surface area contributed by atoms with Gasteiger partial charge >= 0.3 is 0 Å². The Bertz CT molecular complexity index is 727. The molecule has 4 heteroatoms. The van der Waals surface area contributed by atoms with E-state index in [-0.39, 0.29) is 18.0 Å². The summed E-state index contributed by atoms with van der Waals surface area (Å²) in [6, 6.07) is 3.75. The maximum absolute atomic E-state index is 12.6. The van der Waals surface area contributed by atoms with E-state index in [4.69, 9.17) is 6.42 Å². The van der Waals surface area contributed by atoms with Gasteiger partial charge in [0.2, 0.25) is 0 Å². The number of aromatic nitrogens is 1. The molecule has 130 valence electrons. The second-order valence-corrected chi connectivity index (χ2v) is 6.15. The molecule has 0 aliphatic carbocycles. The summed E-state index contributed by atoms with van der Waals surface area (Å²) in [6.07, 6.45) is 16.4. The summed E-state index contributed by atoms with van der Waals surface area (Å²) in [7, 11) is 1.71. The predicted molar refractivity (Wildman–Crippen MR) is 102 cm³/mol. The molecular formula is C21H25N3O. The summed E-state index contributed by atoms with van der Waals surface area (Å²) in [5, 5.41) is 0. The van der Waals surface area contributed by atoms with Crippen LogP contribution in [0.1, 0.15) is 43.5 Å². The van der Waals surface area contributed by atoms with Crippen molar-refractivity contribution in [2.45, 2.75) is 44.7 Å². The van der Waals surface area contributed by atoms with Gasteiger partial charge in [-0.15, -0.1) is 6.42 Å². The van der Waals surface area contributed by atoms with Gasteiger partial charge in [-0.05, 0) is 42.0 Å². The van der Waals surface area contributed by atoms with Crippen LogP contribution in [0.3, 0.4) is 0 Å². The monoisotopic (exact) mass is 335 g/mol. The second kappa shape index (κ2) is 8.98. The minimum atomic E-state index is -0.336. The maximum atomic E-state index is 12.6. The van der Waals surface area contributed by atoms with Gasteiger partial charge < -0.3 is 4.90 Å². The fourth-order valence-electron chi connectivity index (χ4n) is 3.30. The highest BCUT2D eigenvalue weighted by Gasteiger charge is 2.38. The molecule has 2 heterocycles. The number of aliphatic imine (C=N–C) groups is 1. The van der Waals surface area contributed by atoms with Crippen LogP contribution in [0, 0.1) is 12.3 Å². The number of pyridine rings is 1. The first kappa shape index (κ1) is 18.7. The number of hydrogen-bond acceptors (Lipinski definition) is 3. The molecule has 0 aromatic carbocycles. The van der Waals surface area contributed by atoms with Crippen LogP contribution < -0.4 is 0 Å². The van der Waals surface area contributed by atoms with Crippen LogP contribution in [0.25, 0.3) is 0 Å². The molecule has 0 radical (unpaired) electrons. The van der Waals surface area contributed by atoms with Crippen molar-refractivity contribution in [2.24, 2.45) is 4.99 Å². The van der Waals surface area contributed by atoms with E-state index < -0.39 is 0 Å². The number of hydrogen-bond donors (Lipinski definition) is 0. The van der Waals surface area contributed by atoms with Crippen molar-refractivity contribution in [1.29, 1.82) is 0 Å². The summed E-state index contributed by atoms with van der Waals surface area (Å²) in [6.45, 7) is 6.33. The molecule has 0 unspecified atom stereocenters. The zero-order valence-electron chi connectivity index (χ0n) is 15.0. The standard InChI is InChI=1S/C21H25N3O/c1-5-7-12-18-15-17-11-9-14-23-20(17)21(24(18)19(25)6-2)16(3)10-8-13-22-4/h2,8-11,13-14,18,21H,3,5,7,12,15H2,1,4H3/b10-8-,22-13-/t18-,21-/m0/s1. The number of amides is 1. The lowest BCUT2D eigenvalue weighted by Crippen LogP contribution is -2.47. The van der Waals surface area contributed by atoms with Crippen LogP contribution in [0.2, 0.25) is 0 Å². The SMILES string of the molecule is C#CC(=O)N1[C@@H](CCCC)Cc2cccnc2[C@@H]1C(=C)/C=C\C=N/C. The molecule has 25 heavy (non-hydrogen) atoms. The van der Waals surface area contributed by atoms with E-state index in [0.717, 1.165) is 42.5 Å². The van der Waals surface area contributed by atoms with E-state index >= 15 is 0 Å². The van der Waals surface area contributed by atoms with E-state index in [1.165, 1.54) is 0 Å². The molecular weight excluding hydrogens is 310 g/mol. The normalized spacial score (nSPS) is 19.8. The molecule has 1 aromatic rings. The Morgan fingerprint density at radius 3 is 3.08 bits per heavy atom. The van der Waals surface area contributed by atoms with Crippen molar-refractivity contribution >= 4 is 12.1 Å². The number of unbranched alkanes of at least 4 members (excludes halogenated alkanes) is 1. The van der Waals surface area contributed by atoms with Crippen LogP contribution in [0.5, 0.6) is 0 Å². The van der Waals surface area contributed by atoms with Gasteiger partial charge in [0.25, 0.3) is 5.91 Å². The molecule has 1 aliphatic heterocycles. The average Bonchev–Trinajstić information content (AvgIpc) is 2.64. The highest BCUT2D eigenvalue weighted by Crippen LogP contribution is 2.38. The third-order valence-corrected chi connectivity index (χ3v) is 4.46.